The molecule has 18 heavy (non-hydrogen) atoms. The molecule has 0 aromatic rings. The monoisotopic (exact) mass is 255 g/mol. The Morgan fingerprint density at radius 3 is 2.78 bits per heavy atom. The zero-order valence-corrected chi connectivity index (χ0v) is 11.8. The van der Waals surface area contributed by atoms with E-state index in [0.717, 1.165) is 25.3 Å². The molecule has 1 aliphatic carbocycles. The average molecular weight is 255 g/mol. The van der Waals surface area contributed by atoms with Crippen LogP contribution in [0.15, 0.2) is 0 Å². The van der Waals surface area contributed by atoms with Gasteiger partial charge in [-0.15, -0.1) is 0 Å². The minimum absolute atomic E-state index is 0.518. The fourth-order valence-corrected chi connectivity index (χ4v) is 3.37. The summed E-state index contributed by atoms with van der Waals surface area (Å²) in [6, 6.07) is 0.642. The van der Waals surface area contributed by atoms with E-state index in [1.165, 1.54) is 38.5 Å². The molecule has 2 unspecified atom stereocenters. The van der Waals surface area contributed by atoms with E-state index in [-0.39, 0.29) is 0 Å². The van der Waals surface area contributed by atoms with Crippen molar-refractivity contribution in [3.8, 4) is 0 Å². The molecule has 0 aromatic heterocycles. The molecule has 1 aliphatic heterocycles. The summed E-state index contributed by atoms with van der Waals surface area (Å²) in [5.41, 5.74) is -0.518. The number of rotatable bonds is 6. The molecule has 3 heteroatoms. The first-order valence-electron chi connectivity index (χ1n) is 7.77. The Morgan fingerprint density at radius 2 is 2.06 bits per heavy atom. The maximum absolute atomic E-state index is 10.5. The highest BCUT2D eigenvalue weighted by atomic mass is 16.5. The second-order valence-electron chi connectivity index (χ2n) is 6.16. The molecule has 1 heterocycles. The Hall–Kier alpha value is -0.120. The molecule has 2 N–H and O–H groups in total. The van der Waals surface area contributed by atoms with Gasteiger partial charge in [0.2, 0.25) is 0 Å². The molecule has 0 amide bonds. The maximum Gasteiger partial charge on any atom is 0.0815 e. The van der Waals surface area contributed by atoms with Gasteiger partial charge in [0.05, 0.1) is 5.60 Å². The van der Waals surface area contributed by atoms with Crippen LogP contribution in [0.5, 0.6) is 0 Å². The van der Waals surface area contributed by atoms with E-state index >= 15 is 0 Å². The smallest absolute Gasteiger partial charge is 0.0815 e. The normalized spacial score (nSPS) is 31.7. The molecule has 0 radical (unpaired) electrons. The SMILES string of the molecule is CCCCC1CCCC1NCC1(O)CCOCC1. The molecule has 1 saturated carbocycles. The van der Waals surface area contributed by atoms with Crippen LogP contribution in [0.2, 0.25) is 0 Å². The van der Waals surface area contributed by atoms with Crippen molar-refractivity contribution in [3.63, 3.8) is 0 Å². The lowest BCUT2D eigenvalue weighted by Gasteiger charge is -2.34. The van der Waals surface area contributed by atoms with Crippen LogP contribution in [0.1, 0.15) is 58.3 Å². The molecular formula is C15H29NO2. The third-order valence-electron chi connectivity index (χ3n) is 4.70. The van der Waals surface area contributed by atoms with E-state index in [4.69, 9.17) is 4.74 Å². The van der Waals surface area contributed by atoms with E-state index in [0.29, 0.717) is 19.3 Å². The summed E-state index contributed by atoms with van der Waals surface area (Å²) in [7, 11) is 0. The summed E-state index contributed by atoms with van der Waals surface area (Å²) in [5, 5.41) is 14.1. The van der Waals surface area contributed by atoms with Crippen molar-refractivity contribution in [1.29, 1.82) is 0 Å². The summed E-state index contributed by atoms with van der Waals surface area (Å²) in [6.07, 6.45) is 9.59. The zero-order valence-electron chi connectivity index (χ0n) is 11.8. The van der Waals surface area contributed by atoms with Gasteiger partial charge in [0.25, 0.3) is 0 Å². The highest BCUT2D eigenvalue weighted by Crippen LogP contribution is 2.30. The van der Waals surface area contributed by atoms with Crippen molar-refractivity contribution in [2.24, 2.45) is 5.92 Å². The quantitative estimate of drug-likeness (QED) is 0.766. The van der Waals surface area contributed by atoms with Crippen LogP contribution >= 0.6 is 0 Å². The van der Waals surface area contributed by atoms with Gasteiger partial charge >= 0.3 is 0 Å². The highest BCUT2D eigenvalue weighted by Gasteiger charge is 2.33. The minimum Gasteiger partial charge on any atom is -0.388 e. The number of nitrogens with one attached hydrogen (secondary N) is 1. The van der Waals surface area contributed by atoms with Gasteiger partial charge in [-0.25, -0.2) is 0 Å². The summed E-state index contributed by atoms with van der Waals surface area (Å²) < 4.78 is 5.32. The number of ether oxygens (including phenoxy) is 1. The number of unbranched alkanes of at least 4 members (excludes halogenated alkanes) is 1. The average Bonchev–Trinajstić information content (AvgIpc) is 2.82. The second-order valence-corrected chi connectivity index (χ2v) is 6.16. The predicted molar refractivity (Wildman–Crippen MR) is 73.7 cm³/mol. The Bertz CT molecular complexity index is 239. The summed E-state index contributed by atoms with van der Waals surface area (Å²) >= 11 is 0. The molecule has 0 bridgehead atoms. The zero-order chi connectivity index (χ0) is 12.8. The fourth-order valence-electron chi connectivity index (χ4n) is 3.37. The van der Waals surface area contributed by atoms with Crippen molar-refractivity contribution >= 4 is 0 Å². The van der Waals surface area contributed by atoms with Gasteiger partial charge in [0.1, 0.15) is 0 Å². The molecule has 2 aliphatic rings. The van der Waals surface area contributed by atoms with E-state index in [1.807, 2.05) is 0 Å². The van der Waals surface area contributed by atoms with Crippen LogP contribution in [-0.2, 0) is 4.74 Å². The standard InChI is InChI=1S/C15H29NO2/c1-2-3-5-13-6-4-7-14(13)16-12-15(17)8-10-18-11-9-15/h13-14,16-17H,2-12H2,1H3. The lowest BCUT2D eigenvalue weighted by Crippen LogP contribution is -2.48. The van der Waals surface area contributed by atoms with Gasteiger partial charge in [0, 0.05) is 38.6 Å². The maximum atomic E-state index is 10.5. The van der Waals surface area contributed by atoms with Gasteiger partial charge in [-0.1, -0.05) is 26.2 Å². The first kappa shape index (κ1) is 14.3. The van der Waals surface area contributed by atoms with Gasteiger partial charge in [0.15, 0.2) is 0 Å². The van der Waals surface area contributed by atoms with Crippen molar-refractivity contribution in [2.75, 3.05) is 19.8 Å². The molecule has 2 rings (SSSR count). The molecule has 2 fully saturated rings. The van der Waals surface area contributed by atoms with Crippen LogP contribution in [0.4, 0.5) is 0 Å². The van der Waals surface area contributed by atoms with Crippen molar-refractivity contribution in [1.82, 2.24) is 5.32 Å². The first-order chi connectivity index (χ1) is 8.73. The molecular weight excluding hydrogens is 226 g/mol. The Morgan fingerprint density at radius 1 is 1.28 bits per heavy atom. The van der Waals surface area contributed by atoms with Crippen molar-refractivity contribution < 1.29 is 9.84 Å². The molecule has 0 aromatic carbocycles. The lowest BCUT2D eigenvalue weighted by atomic mass is 9.92. The number of aliphatic hydroxyl groups is 1. The van der Waals surface area contributed by atoms with Gasteiger partial charge in [-0.05, 0) is 25.2 Å². The fraction of sp³-hybridized carbons (Fsp3) is 1.00. The van der Waals surface area contributed by atoms with E-state index in [9.17, 15) is 5.11 Å². The number of hydrogen-bond acceptors (Lipinski definition) is 3. The van der Waals surface area contributed by atoms with E-state index < -0.39 is 5.60 Å². The van der Waals surface area contributed by atoms with Crippen LogP contribution in [0, 0.1) is 5.92 Å². The molecule has 2 atom stereocenters. The van der Waals surface area contributed by atoms with Gasteiger partial charge in [-0.2, -0.15) is 0 Å². The van der Waals surface area contributed by atoms with E-state index in [2.05, 4.69) is 12.2 Å². The minimum atomic E-state index is -0.518. The van der Waals surface area contributed by atoms with Crippen LogP contribution < -0.4 is 5.32 Å². The van der Waals surface area contributed by atoms with Crippen molar-refractivity contribution in [2.45, 2.75) is 69.9 Å². The van der Waals surface area contributed by atoms with Gasteiger partial charge < -0.3 is 15.2 Å². The Kier molecular flexibility index (Phi) is 5.46. The topological polar surface area (TPSA) is 41.5 Å². The third kappa shape index (κ3) is 3.94. The first-order valence-corrected chi connectivity index (χ1v) is 7.77. The summed E-state index contributed by atoms with van der Waals surface area (Å²) in [6.45, 7) is 4.44. The van der Waals surface area contributed by atoms with E-state index in [1.54, 1.807) is 0 Å². The molecule has 1 saturated heterocycles. The summed E-state index contributed by atoms with van der Waals surface area (Å²) in [5.74, 6) is 0.841. The Labute approximate surface area is 111 Å². The lowest BCUT2D eigenvalue weighted by molar-refractivity contribution is -0.0632. The van der Waals surface area contributed by atoms with Crippen molar-refractivity contribution in [3.05, 3.63) is 0 Å². The predicted octanol–water partition coefficient (Wildman–Crippen LogP) is 2.48. The van der Waals surface area contributed by atoms with Gasteiger partial charge in [-0.3, -0.25) is 0 Å². The molecule has 3 nitrogen and oxygen atoms in total. The highest BCUT2D eigenvalue weighted by molar-refractivity contribution is 4.89. The number of hydrogen-bond donors (Lipinski definition) is 2. The second kappa shape index (κ2) is 6.88. The molecule has 106 valence electrons. The Balaban J connectivity index is 1.74. The van der Waals surface area contributed by atoms with Crippen LogP contribution in [0.25, 0.3) is 0 Å². The van der Waals surface area contributed by atoms with Crippen LogP contribution in [0.3, 0.4) is 0 Å². The van der Waals surface area contributed by atoms with Crippen LogP contribution in [-0.4, -0.2) is 36.5 Å². The molecule has 0 spiro atoms. The largest absolute Gasteiger partial charge is 0.388 e. The third-order valence-corrected chi connectivity index (χ3v) is 4.70. The summed E-state index contributed by atoms with van der Waals surface area (Å²) in [4.78, 5) is 0.